The number of nitrogens with one attached hydrogen (secondary N) is 1. The molecule has 0 aromatic heterocycles. The van der Waals surface area contributed by atoms with E-state index >= 15 is 0 Å². The van der Waals surface area contributed by atoms with E-state index in [1.165, 1.54) is 6.08 Å². The van der Waals surface area contributed by atoms with Crippen LogP contribution in [0.25, 0.3) is 6.08 Å². The molecule has 2 nitrogen and oxygen atoms in total. The van der Waals surface area contributed by atoms with Crippen LogP contribution in [-0.2, 0) is 11.2 Å². The second-order valence-corrected chi connectivity index (χ2v) is 5.95. The number of benzene rings is 2. The SMILES string of the molecule is O=C(/C=C/c1ccc(Cl)cc1Cl)NCCc1cccc(Cl)c1. The van der Waals surface area contributed by atoms with Gasteiger partial charge >= 0.3 is 0 Å². The zero-order valence-corrected chi connectivity index (χ0v) is 13.9. The Morgan fingerprint density at radius 3 is 2.55 bits per heavy atom. The van der Waals surface area contributed by atoms with Crippen LogP contribution in [0.5, 0.6) is 0 Å². The highest BCUT2D eigenvalue weighted by atomic mass is 35.5. The number of hydrogen-bond acceptors (Lipinski definition) is 1. The molecular weight excluding hydrogens is 341 g/mol. The Balaban J connectivity index is 1.84. The van der Waals surface area contributed by atoms with Gasteiger partial charge in [0.25, 0.3) is 0 Å². The molecule has 2 rings (SSSR count). The average molecular weight is 355 g/mol. The second kappa shape index (κ2) is 8.23. The molecule has 22 heavy (non-hydrogen) atoms. The first-order valence-corrected chi connectivity index (χ1v) is 7.83. The van der Waals surface area contributed by atoms with Crippen LogP contribution in [0.1, 0.15) is 11.1 Å². The van der Waals surface area contributed by atoms with E-state index in [4.69, 9.17) is 34.8 Å². The predicted molar refractivity (Wildman–Crippen MR) is 93.7 cm³/mol. The number of carbonyl (C=O) groups is 1. The Morgan fingerprint density at radius 1 is 1.05 bits per heavy atom. The quantitative estimate of drug-likeness (QED) is 0.751. The Labute approximate surface area is 144 Å². The second-order valence-electron chi connectivity index (χ2n) is 4.67. The van der Waals surface area contributed by atoms with Gasteiger partial charge in [-0.2, -0.15) is 0 Å². The van der Waals surface area contributed by atoms with Crippen molar-refractivity contribution in [3.63, 3.8) is 0 Å². The van der Waals surface area contributed by atoms with Crippen molar-refractivity contribution in [3.8, 4) is 0 Å². The van der Waals surface area contributed by atoms with Gasteiger partial charge in [-0.3, -0.25) is 4.79 Å². The van der Waals surface area contributed by atoms with Crippen LogP contribution in [0.4, 0.5) is 0 Å². The van der Waals surface area contributed by atoms with Crippen molar-refractivity contribution in [3.05, 3.63) is 74.7 Å². The molecule has 2 aromatic carbocycles. The van der Waals surface area contributed by atoms with Crippen molar-refractivity contribution in [2.45, 2.75) is 6.42 Å². The summed E-state index contributed by atoms with van der Waals surface area (Å²) in [4.78, 5) is 11.8. The molecular formula is C17H14Cl3NO. The normalized spacial score (nSPS) is 10.9. The lowest BCUT2D eigenvalue weighted by molar-refractivity contribution is -0.116. The number of rotatable bonds is 5. The zero-order chi connectivity index (χ0) is 15.9. The van der Waals surface area contributed by atoms with Gasteiger partial charge in [-0.15, -0.1) is 0 Å². The number of amides is 1. The minimum atomic E-state index is -0.173. The van der Waals surface area contributed by atoms with Crippen LogP contribution in [0.3, 0.4) is 0 Å². The minimum Gasteiger partial charge on any atom is -0.352 e. The fraction of sp³-hybridized carbons (Fsp3) is 0.118. The highest BCUT2D eigenvalue weighted by molar-refractivity contribution is 6.35. The van der Waals surface area contributed by atoms with Crippen molar-refractivity contribution < 1.29 is 4.79 Å². The molecule has 2 aromatic rings. The van der Waals surface area contributed by atoms with Gasteiger partial charge in [-0.25, -0.2) is 0 Å². The Kier molecular flexibility index (Phi) is 6.32. The molecule has 114 valence electrons. The van der Waals surface area contributed by atoms with E-state index < -0.39 is 0 Å². The van der Waals surface area contributed by atoms with Gasteiger partial charge in [0, 0.05) is 27.7 Å². The third-order valence-corrected chi connectivity index (χ3v) is 3.78. The molecule has 1 N–H and O–H groups in total. The van der Waals surface area contributed by atoms with E-state index in [2.05, 4.69) is 5.32 Å². The maximum absolute atomic E-state index is 11.8. The molecule has 0 aliphatic rings. The lowest BCUT2D eigenvalue weighted by atomic mass is 10.1. The van der Waals surface area contributed by atoms with Gasteiger partial charge in [-0.1, -0.05) is 53.0 Å². The largest absolute Gasteiger partial charge is 0.352 e. The van der Waals surface area contributed by atoms with Gasteiger partial charge in [0.1, 0.15) is 0 Å². The summed E-state index contributed by atoms with van der Waals surface area (Å²) in [5, 5.41) is 4.58. The molecule has 0 radical (unpaired) electrons. The molecule has 0 spiro atoms. The van der Waals surface area contributed by atoms with E-state index in [1.54, 1.807) is 24.3 Å². The molecule has 0 heterocycles. The van der Waals surface area contributed by atoms with Crippen molar-refractivity contribution in [1.82, 2.24) is 5.32 Å². The first kappa shape index (κ1) is 16.9. The average Bonchev–Trinajstić information content (AvgIpc) is 2.46. The van der Waals surface area contributed by atoms with Gasteiger partial charge in [0.05, 0.1) is 0 Å². The molecule has 0 aliphatic heterocycles. The Hall–Kier alpha value is -1.48. The number of halogens is 3. The fourth-order valence-electron chi connectivity index (χ4n) is 1.88. The molecule has 0 aliphatic carbocycles. The Bertz CT molecular complexity index is 698. The lowest BCUT2D eigenvalue weighted by Crippen LogP contribution is -2.23. The smallest absolute Gasteiger partial charge is 0.244 e. The lowest BCUT2D eigenvalue weighted by Gasteiger charge is -2.03. The zero-order valence-electron chi connectivity index (χ0n) is 11.7. The van der Waals surface area contributed by atoms with Crippen LogP contribution in [-0.4, -0.2) is 12.5 Å². The van der Waals surface area contributed by atoms with Crippen LogP contribution in [0.15, 0.2) is 48.5 Å². The van der Waals surface area contributed by atoms with Crippen molar-refractivity contribution >= 4 is 46.8 Å². The van der Waals surface area contributed by atoms with Gasteiger partial charge in [-0.05, 0) is 47.9 Å². The molecule has 0 bridgehead atoms. The van der Waals surface area contributed by atoms with Gasteiger partial charge < -0.3 is 5.32 Å². The molecule has 0 unspecified atom stereocenters. The van der Waals surface area contributed by atoms with Crippen LogP contribution < -0.4 is 5.32 Å². The first-order chi connectivity index (χ1) is 10.5. The highest BCUT2D eigenvalue weighted by Gasteiger charge is 2.00. The molecule has 0 saturated carbocycles. The molecule has 0 saturated heterocycles. The van der Waals surface area contributed by atoms with E-state index in [1.807, 2.05) is 24.3 Å². The van der Waals surface area contributed by atoms with Crippen molar-refractivity contribution in [2.75, 3.05) is 6.54 Å². The maximum atomic E-state index is 11.8. The number of hydrogen-bond donors (Lipinski definition) is 1. The van der Waals surface area contributed by atoms with E-state index in [0.29, 0.717) is 21.6 Å². The van der Waals surface area contributed by atoms with Crippen LogP contribution >= 0.6 is 34.8 Å². The van der Waals surface area contributed by atoms with Gasteiger partial charge in [0.15, 0.2) is 0 Å². The van der Waals surface area contributed by atoms with Crippen LogP contribution in [0, 0.1) is 0 Å². The number of carbonyl (C=O) groups excluding carboxylic acids is 1. The van der Waals surface area contributed by atoms with Crippen molar-refractivity contribution in [2.24, 2.45) is 0 Å². The molecule has 0 atom stereocenters. The van der Waals surface area contributed by atoms with Crippen molar-refractivity contribution in [1.29, 1.82) is 0 Å². The fourth-order valence-corrected chi connectivity index (χ4v) is 2.57. The highest BCUT2D eigenvalue weighted by Crippen LogP contribution is 2.21. The molecule has 0 fully saturated rings. The summed E-state index contributed by atoms with van der Waals surface area (Å²) in [6.45, 7) is 0.540. The third kappa shape index (κ3) is 5.38. The first-order valence-electron chi connectivity index (χ1n) is 6.70. The maximum Gasteiger partial charge on any atom is 0.244 e. The monoisotopic (exact) mass is 353 g/mol. The van der Waals surface area contributed by atoms with Gasteiger partial charge in [0.2, 0.25) is 5.91 Å². The summed E-state index contributed by atoms with van der Waals surface area (Å²) in [5.41, 5.74) is 1.83. The third-order valence-electron chi connectivity index (χ3n) is 2.98. The predicted octanol–water partition coefficient (Wildman–Crippen LogP) is 5.02. The molecule has 5 heteroatoms. The summed E-state index contributed by atoms with van der Waals surface area (Å²) in [6, 6.07) is 12.7. The van der Waals surface area contributed by atoms with Crippen LogP contribution in [0.2, 0.25) is 15.1 Å². The van der Waals surface area contributed by atoms with E-state index in [9.17, 15) is 4.79 Å². The standard InChI is InChI=1S/C17H14Cl3NO/c18-14-3-1-2-12(10-14)8-9-21-17(22)7-5-13-4-6-15(19)11-16(13)20/h1-7,10-11H,8-9H2,(H,21,22)/b7-5+. The summed E-state index contributed by atoms with van der Waals surface area (Å²) in [5.74, 6) is -0.173. The molecule has 1 amide bonds. The summed E-state index contributed by atoms with van der Waals surface area (Å²) in [6.07, 6.45) is 3.84. The minimum absolute atomic E-state index is 0.173. The summed E-state index contributed by atoms with van der Waals surface area (Å²) >= 11 is 17.8. The topological polar surface area (TPSA) is 29.1 Å². The van der Waals surface area contributed by atoms with E-state index in [0.717, 1.165) is 17.5 Å². The van der Waals surface area contributed by atoms with E-state index in [-0.39, 0.29) is 5.91 Å². The summed E-state index contributed by atoms with van der Waals surface area (Å²) < 4.78 is 0. The Morgan fingerprint density at radius 2 is 1.82 bits per heavy atom. The summed E-state index contributed by atoms with van der Waals surface area (Å²) in [7, 11) is 0.